The molecule has 1 aromatic carbocycles. The van der Waals surface area contributed by atoms with Crippen molar-refractivity contribution in [1.82, 2.24) is 15.4 Å². The molecule has 5 nitrogen and oxygen atoms in total. The normalized spacial score (nSPS) is 17.1. The Hall–Kier alpha value is -2.40. The van der Waals surface area contributed by atoms with Crippen LogP contribution in [-0.2, 0) is 11.3 Å². The highest BCUT2D eigenvalue weighted by molar-refractivity contribution is 5.84. The van der Waals surface area contributed by atoms with Crippen molar-refractivity contribution in [3.8, 4) is 11.3 Å². The Morgan fingerprint density at radius 2 is 2.24 bits per heavy atom. The number of likely N-dealkylation sites (N-methyl/N-ethyl adjacent to an activating group) is 1. The summed E-state index contributed by atoms with van der Waals surface area (Å²) in [4.78, 5) is 13.8. The molecule has 3 rings (SSSR count). The molecule has 0 unspecified atom stereocenters. The number of rotatable bonds is 4. The summed E-state index contributed by atoms with van der Waals surface area (Å²) in [5.74, 6) is 0.702. The highest BCUT2D eigenvalue weighted by Gasteiger charge is 2.22. The Bertz CT molecular complexity index is 649. The van der Waals surface area contributed by atoms with Gasteiger partial charge in [0.1, 0.15) is 11.7 Å². The first kappa shape index (κ1) is 13.6. The molecule has 0 saturated heterocycles. The lowest BCUT2D eigenvalue weighted by Gasteiger charge is -2.19. The summed E-state index contributed by atoms with van der Waals surface area (Å²) in [6.45, 7) is 1.15. The predicted molar refractivity (Wildman–Crippen MR) is 79.3 cm³/mol. The lowest BCUT2D eigenvalue weighted by Crippen LogP contribution is -2.41. The third-order valence-electron chi connectivity index (χ3n) is 3.45. The van der Waals surface area contributed by atoms with E-state index in [0.29, 0.717) is 12.3 Å². The van der Waals surface area contributed by atoms with Crippen LogP contribution in [0.1, 0.15) is 5.76 Å². The third-order valence-corrected chi connectivity index (χ3v) is 3.45. The number of nitrogens with one attached hydrogen (secondary N) is 1. The van der Waals surface area contributed by atoms with E-state index in [1.54, 1.807) is 11.9 Å². The zero-order valence-corrected chi connectivity index (χ0v) is 11.8. The molecule has 5 heteroatoms. The van der Waals surface area contributed by atoms with E-state index in [0.717, 1.165) is 17.8 Å². The number of amides is 1. The van der Waals surface area contributed by atoms with E-state index in [1.165, 1.54) is 0 Å². The Kier molecular flexibility index (Phi) is 3.83. The van der Waals surface area contributed by atoms with Gasteiger partial charge in [-0.3, -0.25) is 10.1 Å². The van der Waals surface area contributed by atoms with Crippen molar-refractivity contribution >= 4 is 5.91 Å². The van der Waals surface area contributed by atoms with Crippen LogP contribution < -0.4 is 5.32 Å². The maximum absolute atomic E-state index is 12.2. The molecular weight excluding hydrogens is 266 g/mol. The fraction of sp³-hybridized carbons (Fsp3) is 0.250. The first-order valence-corrected chi connectivity index (χ1v) is 6.90. The van der Waals surface area contributed by atoms with Gasteiger partial charge in [0.05, 0.1) is 6.54 Å². The number of hydrogen-bond donors (Lipinski definition) is 1. The van der Waals surface area contributed by atoms with Gasteiger partial charge in [-0.2, -0.15) is 0 Å². The van der Waals surface area contributed by atoms with Crippen molar-refractivity contribution in [3.05, 3.63) is 54.3 Å². The maximum atomic E-state index is 12.2. The Labute approximate surface area is 123 Å². The average Bonchev–Trinajstić information content (AvgIpc) is 3.19. The third kappa shape index (κ3) is 3.03. The molecule has 0 radical (unpaired) electrons. The van der Waals surface area contributed by atoms with E-state index >= 15 is 0 Å². The van der Waals surface area contributed by atoms with Crippen LogP contribution in [0, 0.1) is 0 Å². The van der Waals surface area contributed by atoms with Crippen molar-refractivity contribution in [2.45, 2.75) is 12.6 Å². The molecule has 1 aliphatic rings. The van der Waals surface area contributed by atoms with Gasteiger partial charge in [0.25, 0.3) is 0 Å². The van der Waals surface area contributed by atoms with Gasteiger partial charge in [0.15, 0.2) is 5.76 Å². The van der Waals surface area contributed by atoms with Gasteiger partial charge < -0.3 is 9.42 Å². The molecule has 1 aromatic heterocycles. The van der Waals surface area contributed by atoms with Crippen molar-refractivity contribution in [3.63, 3.8) is 0 Å². The van der Waals surface area contributed by atoms with Gasteiger partial charge in [0.2, 0.25) is 5.91 Å². The van der Waals surface area contributed by atoms with Gasteiger partial charge in [0, 0.05) is 25.2 Å². The van der Waals surface area contributed by atoms with Crippen LogP contribution in [0.25, 0.3) is 11.3 Å². The number of nitrogens with zero attached hydrogens (tertiary/aromatic N) is 2. The van der Waals surface area contributed by atoms with E-state index in [4.69, 9.17) is 4.52 Å². The van der Waals surface area contributed by atoms with Crippen molar-refractivity contribution in [2.75, 3.05) is 13.6 Å². The molecule has 0 aliphatic carbocycles. The lowest BCUT2D eigenvalue weighted by molar-refractivity contribution is -0.131. The maximum Gasteiger partial charge on any atom is 0.243 e. The van der Waals surface area contributed by atoms with Crippen LogP contribution in [0.4, 0.5) is 0 Å². The predicted octanol–water partition coefficient (Wildman–Crippen LogP) is 1.83. The molecule has 0 saturated carbocycles. The summed E-state index contributed by atoms with van der Waals surface area (Å²) in [5.41, 5.74) is 1.78. The van der Waals surface area contributed by atoms with Crippen molar-refractivity contribution in [1.29, 1.82) is 0 Å². The van der Waals surface area contributed by atoms with Crippen LogP contribution in [0.2, 0.25) is 0 Å². The molecule has 0 fully saturated rings. The number of hydrogen-bond acceptors (Lipinski definition) is 4. The minimum atomic E-state index is -0.230. The fourth-order valence-electron chi connectivity index (χ4n) is 2.32. The smallest absolute Gasteiger partial charge is 0.243 e. The number of carbonyl (C=O) groups excluding carboxylic acids is 1. The highest BCUT2D eigenvalue weighted by atomic mass is 16.5. The summed E-state index contributed by atoms with van der Waals surface area (Å²) in [7, 11) is 1.76. The van der Waals surface area contributed by atoms with Gasteiger partial charge >= 0.3 is 0 Å². The zero-order chi connectivity index (χ0) is 14.7. The van der Waals surface area contributed by atoms with E-state index < -0.39 is 0 Å². The lowest BCUT2D eigenvalue weighted by atomic mass is 10.1. The minimum absolute atomic E-state index is 0.0291. The molecule has 1 aliphatic heterocycles. The summed E-state index contributed by atoms with van der Waals surface area (Å²) in [6.07, 6.45) is 3.84. The standard InChI is InChI=1S/C16H17N3O2/c1-19(16(20)14-8-5-9-17-14)11-13-10-15(18-21-13)12-6-3-2-4-7-12/h2-8,10,14,17H,9,11H2,1H3/t14-/m0/s1. The second kappa shape index (κ2) is 5.93. The van der Waals surface area contributed by atoms with Crippen LogP contribution in [-0.4, -0.2) is 35.6 Å². The quantitative estimate of drug-likeness (QED) is 0.870. The summed E-state index contributed by atoms with van der Waals surface area (Å²) >= 11 is 0. The first-order valence-electron chi connectivity index (χ1n) is 6.90. The number of carbonyl (C=O) groups is 1. The molecule has 2 heterocycles. The monoisotopic (exact) mass is 283 g/mol. The van der Waals surface area contributed by atoms with Gasteiger partial charge in [-0.05, 0) is 0 Å². The first-order chi connectivity index (χ1) is 10.2. The molecule has 1 atom stereocenters. The molecule has 0 spiro atoms. The average molecular weight is 283 g/mol. The Morgan fingerprint density at radius 3 is 2.95 bits per heavy atom. The minimum Gasteiger partial charge on any atom is -0.359 e. The second-order valence-electron chi connectivity index (χ2n) is 5.05. The SMILES string of the molecule is CN(Cc1cc(-c2ccccc2)no1)C(=O)[C@@H]1C=CCN1. The topological polar surface area (TPSA) is 58.4 Å². The second-order valence-corrected chi connectivity index (χ2v) is 5.05. The van der Waals surface area contributed by atoms with E-state index in [-0.39, 0.29) is 11.9 Å². The van der Waals surface area contributed by atoms with Crippen LogP contribution in [0.5, 0.6) is 0 Å². The number of benzene rings is 1. The molecule has 1 N–H and O–H groups in total. The summed E-state index contributed by atoms with van der Waals surface area (Å²) in [6, 6.07) is 11.5. The fourth-order valence-corrected chi connectivity index (χ4v) is 2.32. The van der Waals surface area contributed by atoms with Crippen LogP contribution in [0.15, 0.2) is 53.1 Å². The molecular formula is C16H17N3O2. The molecule has 108 valence electrons. The van der Waals surface area contributed by atoms with Crippen molar-refractivity contribution in [2.24, 2.45) is 0 Å². The number of aromatic nitrogens is 1. The van der Waals surface area contributed by atoms with E-state index in [2.05, 4.69) is 10.5 Å². The molecule has 1 amide bonds. The zero-order valence-electron chi connectivity index (χ0n) is 11.8. The highest BCUT2D eigenvalue weighted by Crippen LogP contribution is 2.19. The summed E-state index contributed by atoms with van der Waals surface area (Å²) < 4.78 is 5.32. The Morgan fingerprint density at radius 1 is 1.43 bits per heavy atom. The van der Waals surface area contributed by atoms with Gasteiger partial charge in [-0.25, -0.2) is 0 Å². The Balaban J connectivity index is 1.67. The molecule has 2 aromatic rings. The van der Waals surface area contributed by atoms with Gasteiger partial charge in [-0.15, -0.1) is 0 Å². The van der Waals surface area contributed by atoms with Crippen molar-refractivity contribution < 1.29 is 9.32 Å². The van der Waals surface area contributed by atoms with E-state index in [9.17, 15) is 4.79 Å². The molecule has 0 bridgehead atoms. The van der Waals surface area contributed by atoms with E-state index in [1.807, 2.05) is 48.6 Å². The molecule has 21 heavy (non-hydrogen) atoms. The largest absolute Gasteiger partial charge is 0.359 e. The van der Waals surface area contributed by atoms with Crippen LogP contribution in [0.3, 0.4) is 0 Å². The summed E-state index contributed by atoms with van der Waals surface area (Å²) in [5, 5.41) is 7.16. The van der Waals surface area contributed by atoms with Crippen LogP contribution >= 0.6 is 0 Å². The van der Waals surface area contributed by atoms with Gasteiger partial charge in [-0.1, -0.05) is 47.6 Å².